The number of rotatable bonds is 6. The molecule has 2 nitrogen and oxygen atoms in total. The maximum atomic E-state index is 5.60. The van der Waals surface area contributed by atoms with Crippen LogP contribution in [0, 0.1) is 17.3 Å². The fourth-order valence-corrected chi connectivity index (χ4v) is 2.34. The van der Waals surface area contributed by atoms with Gasteiger partial charge in [0.1, 0.15) is 0 Å². The highest BCUT2D eigenvalue weighted by atomic mass is 15.2. The molecule has 0 aromatic carbocycles. The standard InChI is InChI=1S/C12H26N2/c1-9(2)6-5-7-11(14-13)10-8-12(10,3)4/h9-11,14H,5-8,13H2,1-4H3. The van der Waals surface area contributed by atoms with Crippen molar-refractivity contribution < 1.29 is 0 Å². The number of hydrogen-bond donors (Lipinski definition) is 2. The predicted molar refractivity (Wildman–Crippen MR) is 61.7 cm³/mol. The summed E-state index contributed by atoms with van der Waals surface area (Å²) in [7, 11) is 0. The Morgan fingerprint density at radius 2 is 1.93 bits per heavy atom. The molecule has 0 heterocycles. The van der Waals surface area contributed by atoms with Crippen molar-refractivity contribution in [1.82, 2.24) is 5.43 Å². The van der Waals surface area contributed by atoms with Crippen LogP contribution in [0.15, 0.2) is 0 Å². The van der Waals surface area contributed by atoms with Gasteiger partial charge in [-0.05, 0) is 30.1 Å². The second-order valence-electron chi connectivity index (χ2n) is 5.90. The van der Waals surface area contributed by atoms with E-state index in [1.807, 2.05) is 0 Å². The lowest BCUT2D eigenvalue weighted by Gasteiger charge is -2.18. The summed E-state index contributed by atoms with van der Waals surface area (Å²) in [6.07, 6.45) is 5.21. The average Bonchev–Trinajstić information content (AvgIpc) is 2.68. The Hall–Kier alpha value is -0.0800. The molecule has 2 heteroatoms. The molecule has 0 spiro atoms. The summed E-state index contributed by atoms with van der Waals surface area (Å²) in [4.78, 5) is 0. The number of nitrogens with one attached hydrogen (secondary N) is 1. The molecule has 0 aromatic heterocycles. The molecule has 3 N–H and O–H groups in total. The van der Waals surface area contributed by atoms with E-state index >= 15 is 0 Å². The Labute approximate surface area is 88.6 Å². The van der Waals surface area contributed by atoms with Crippen molar-refractivity contribution in [3.05, 3.63) is 0 Å². The summed E-state index contributed by atoms with van der Waals surface area (Å²) in [6.45, 7) is 9.24. The first kappa shape index (κ1) is 12.0. The van der Waals surface area contributed by atoms with Gasteiger partial charge in [0, 0.05) is 6.04 Å². The second kappa shape index (κ2) is 4.63. The van der Waals surface area contributed by atoms with Crippen LogP contribution in [0.5, 0.6) is 0 Å². The topological polar surface area (TPSA) is 38.0 Å². The summed E-state index contributed by atoms with van der Waals surface area (Å²) in [5.74, 6) is 7.23. The van der Waals surface area contributed by atoms with E-state index < -0.39 is 0 Å². The fraction of sp³-hybridized carbons (Fsp3) is 1.00. The third-order valence-electron chi connectivity index (χ3n) is 3.59. The molecule has 0 amide bonds. The third-order valence-corrected chi connectivity index (χ3v) is 3.59. The van der Waals surface area contributed by atoms with Crippen LogP contribution in [-0.4, -0.2) is 6.04 Å². The molecule has 84 valence electrons. The summed E-state index contributed by atoms with van der Waals surface area (Å²) in [5, 5.41) is 0. The molecule has 0 aromatic rings. The third kappa shape index (κ3) is 3.25. The smallest absolute Gasteiger partial charge is 0.0244 e. The lowest BCUT2D eigenvalue weighted by molar-refractivity contribution is 0.370. The first-order chi connectivity index (χ1) is 6.47. The van der Waals surface area contributed by atoms with Crippen molar-refractivity contribution >= 4 is 0 Å². The molecule has 1 aliphatic carbocycles. The van der Waals surface area contributed by atoms with E-state index in [2.05, 4.69) is 33.1 Å². The minimum Gasteiger partial charge on any atom is -0.271 e. The van der Waals surface area contributed by atoms with Crippen molar-refractivity contribution in [1.29, 1.82) is 0 Å². The monoisotopic (exact) mass is 198 g/mol. The molecular formula is C12H26N2. The van der Waals surface area contributed by atoms with E-state index in [4.69, 9.17) is 5.84 Å². The fourth-order valence-electron chi connectivity index (χ4n) is 2.34. The zero-order valence-electron chi connectivity index (χ0n) is 10.1. The first-order valence-electron chi connectivity index (χ1n) is 5.93. The lowest BCUT2D eigenvalue weighted by atomic mass is 9.97. The molecule has 0 bridgehead atoms. The van der Waals surface area contributed by atoms with Crippen LogP contribution < -0.4 is 11.3 Å². The van der Waals surface area contributed by atoms with Gasteiger partial charge in [0.25, 0.3) is 0 Å². The van der Waals surface area contributed by atoms with Gasteiger partial charge in [0.05, 0.1) is 0 Å². The Balaban J connectivity index is 2.20. The summed E-state index contributed by atoms with van der Waals surface area (Å²) >= 11 is 0. The molecule has 2 unspecified atom stereocenters. The van der Waals surface area contributed by atoms with Crippen LogP contribution in [0.4, 0.5) is 0 Å². The van der Waals surface area contributed by atoms with Gasteiger partial charge < -0.3 is 0 Å². The minimum atomic E-state index is 0.537. The van der Waals surface area contributed by atoms with E-state index in [0.29, 0.717) is 11.5 Å². The van der Waals surface area contributed by atoms with Crippen LogP contribution in [-0.2, 0) is 0 Å². The molecule has 1 rings (SSSR count). The molecule has 1 saturated carbocycles. The zero-order valence-corrected chi connectivity index (χ0v) is 10.1. The van der Waals surface area contributed by atoms with Crippen LogP contribution in [0.3, 0.4) is 0 Å². The minimum absolute atomic E-state index is 0.537. The molecule has 14 heavy (non-hydrogen) atoms. The van der Waals surface area contributed by atoms with Crippen molar-refractivity contribution in [2.75, 3.05) is 0 Å². The van der Waals surface area contributed by atoms with Gasteiger partial charge in [-0.3, -0.25) is 11.3 Å². The van der Waals surface area contributed by atoms with Gasteiger partial charge in [-0.25, -0.2) is 0 Å². The first-order valence-corrected chi connectivity index (χ1v) is 5.93. The molecule has 0 radical (unpaired) electrons. The summed E-state index contributed by atoms with van der Waals surface area (Å²) in [6, 6.07) is 0.545. The van der Waals surface area contributed by atoms with Gasteiger partial charge in [-0.15, -0.1) is 0 Å². The number of hydrogen-bond acceptors (Lipinski definition) is 2. The van der Waals surface area contributed by atoms with Crippen LogP contribution >= 0.6 is 0 Å². The van der Waals surface area contributed by atoms with E-state index in [0.717, 1.165) is 11.8 Å². The Kier molecular flexibility index (Phi) is 3.96. The van der Waals surface area contributed by atoms with E-state index in [1.54, 1.807) is 0 Å². The van der Waals surface area contributed by atoms with Crippen LogP contribution in [0.25, 0.3) is 0 Å². The van der Waals surface area contributed by atoms with Crippen molar-refractivity contribution in [3.8, 4) is 0 Å². The maximum absolute atomic E-state index is 5.60. The average molecular weight is 198 g/mol. The van der Waals surface area contributed by atoms with Gasteiger partial charge in [-0.1, -0.05) is 40.5 Å². The number of nitrogens with two attached hydrogens (primary N) is 1. The highest BCUT2D eigenvalue weighted by Gasteiger charge is 2.49. The largest absolute Gasteiger partial charge is 0.271 e. The normalized spacial score (nSPS) is 26.6. The van der Waals surface area contributed by atoms with E-state index in [-0.39, 0.29) is 0 Å². The van der Waals surface area contributed by atoms with E-state index in [9.17, 15) is 0 Å². The Morgan fingerprint density at radius 3 is 2.29 bits per heavy atom. The Bertz CT molecular complexity index is 175. The molecular weight excluding hydrogens is 172 g/mol. The van der Waals surface area contributed by atoms with Crippen LogP contribution in [0.1, 0.15) is 53.4 Å². The highest BCUT2D eigenvalue weighted by molar-refractivity contribution is 5.01. The highest BCUT2D eigenvalue weighted by Crippen LogP contribution is 2.54. The lowest BCUT2D eigenvalue weighted by Crippen LogP contribution is -2.37. The van der Waals surface area contributed by atoms with Gasteiger partial charge in [-0.2, -0.15) is 0 Å². The van der Waals surface area contributed by atoms with Crippen molar-refractivity contribution in [2.24, 2.45) is 23.1 Å². The zero-order chi connectivity index (χ0) is 10.8. The summed E-state index contributed by atoms with van der Waals surface area (Å²) in [5.41, 5.74) is 3.53. The Morgan fingerprint density at radius 1 is 1.36 bits per heavy atom. The summed E-state index contributed by atoms with van der Waals surface area (Å²) < 4.78 is 0. The molecule has 0 aliphatic heterocycles. The molecule has 1 aliphatic rings. The van der Waals surface area contributed by atoms with Crippen molar-refractivity contribution in [2.45, 2.75) is 59.4 Å². The maximum Gasteiger partial charge on any atom is 0.0244 e. The van der Waals surface area contributed by atoms with Crippen molar-refractivity contribution in [3.63, 3.8) is 0 Å². The number of hydrazine groups is 1. The van der Waals surface area contributed by atoms with Gasteiger partial charge in [0.15, 0.2) is 0 Å². The van der Waals surface area contributed by atoms with Gasteiger partial charge >= 0.3 is 0 Å². The molecule has 1 fully saturated rings. The molecule has 0 saturated heterocycles. The van der Waals surface area contributed by atoms with E-state index in [1.165, 1.54) is 25.7 Å². The van der Waals surface area contributed by atoms with Gasteiger partial charge in [0.2, 0.25) is 0 Å². The van der Waals surface area contributed by atoms with Crippen LogP contribution in [0.2, 0.25) is 0 Å². The predicted octanol–water partition coefficient (Wildman–Crippen LogP) is 2.69. The quantitative estimate of drug-likeness (QED) is 0.509. The SMILES string of the molecule is CC(C)CCCC(NN)C1CC1(C)C. The second-order valence-corrected chi connectivity index (χ2v) is 5.90. The molecule has 2 atom stereocenters.